The third-order valence-electron chi connectivity index (χ3n) is 6.73. The number of pyridine rings is 2. The molecule has 1 aliphatic rings. The molecule has 35 heavy (non-hydrogen) atoms. The number of carbonyl (C=O) groups excluding carboxylic acids is 1. The van der Waals surface area contributed by atoms with E-state index in [1.807, 2.05) is 12.1 Å². The van der Waals surface area contributed by atoms with E-state index >= 15 is 0 Å². The van der Waals surface area contributed by atoms with Gasteiger partial charge in [0.1, 0.15) is 11.9 Å². The van der Waals surface area contributed by atoms with Gasteiger partial charge in [-0.05, 0) is 56.5 Å². The molecule has 0 aromatic carbocycles. The summed E-state index contributed by atoms with van der Waals surface area (Å²) in [4.78, 5) is 22.6. The van der Waals surface area contributed by atoms with E-state index in [1.54, 1.807) is 36.9 Å². The van der Waals surface area contributed by atoms with E-state index in [9.17, 15) is 4.79 Å². The first-order valence-electron chi connectivity index (χ1n) is 13.4. The molecule has 7 heteroatoms. The quantitative estimate of drug-likeness (QED) is 0.341. The van der Waals surface area contributed by atoms with Crippen LogP contribution in [0.1, 0.15) is 81.0 Å². The highest BCUT2D eigenvalue weighted by Gasteiger charge is 2.20. The molecule has 2 aromatic heterocycles. The second kappa shape index (κ2) is 16.2. The highest BCUT2D eigenvalue weighted by molar-refractivity contribution is 5.93. The Labute approximate surface area is 210 Å². The molecule has 1 unspecified atom stereocenters. The minimum absolute atomic E-state index is 0.0166. The first kappa shape index (κ1) is 27.1. The minimum atomic E-state index is -0.104. The SMILES string of the molecule is NC(CCCCCCCCCCN1CCC(Oc2ccncc2)CC1)CNC(=O)c1cccnc1. The van der Waals surface area contributed by atoms with E-state index in [1.165, 1.54) is 51.5 Å². The second-order valence-electron chi connectivity index (χ2n) is 9.67. The first-order chi connectivity index (χ1) is 17.2. The second-order valence-corrected chi connectivity index (χ2v) is 9.67. The molecule has 0 aliphatic carbocycles. The van der Waals surface area contributed by atoms with Crippen LogP contribution in [0, 0.1) is 0 Å². The maximum atomic E-state index is 12.0. The van der Waals surface area contributed by atoms with Gasteiger partial charge >= 0.3 is 0 Å². The first-order valence-corrected chi connectivity index (χ1v) is 13.4. The number of nitrogens with zero attached hydrogens (tertiary/aromatic N) is 3. The molecule has 3 heterocycles. The molecule has 3 rings (SSSR count). The number of nitrogens with one attached hydrogen (secondary N) is 1. The summed E-state index contributed by atoms with van der Waals surface area (Å²) in [6.45, 7) is 4.02. The number of likely N-dealkylation sites (tertiary alicyclic amines) is 1. The Morgan fingerprint density at radius 2 is 1.66 bits per heavy atom. The van der Waals surface area contributed by atoms with Crippen molar-refractivity contribution in [2.75, 3.05) is 26.2 Å². The number of amides is 1. The Morgan fingerprint density at radius 3 is 2.34 bits per heavy atom. The Hall–Kier alpha value is -2.51. The van der Waals surface area contributed by atoms with E-state index in [2.05, 4.69) is 20.2 Å². The van der Waals surface area contributed by atoms with Crippen LogP contribution in [0.2, 0.25) is 0 Å². The number of hydrogen-bond acceptors (Lipinski definition) is 6. The minimum Gasteiger partial charge on any atom is -0.490 e. The molecular formula is C28H43N5O2. The van der Waals surface area contributed by atoms with Gasteiger partial charge in [-0.3, -0.25) is 14.8 Å². The largest absolute Gasteiger partial charge is 0.490 e. The highest BCUT2D eigenvalue weighted by Crippen LogP contribution is 2.19. The number of rotatable bonds is 16. The lowest BCUT2D eigenvalue weighted by Gasteiger charge is -2.32. The molecule has 1 saturated heterocycles. The maximum absolute atomic E-state index is 12.0. The van der Waals surface area contributed by atoms with Crippen LogP contribution in [-0.4, -0.2) is 59.1 Å². The van der Waals surface area contributed by atoms with Crippen LogP contribution < -0.4 is 15.8 Å². The number of carbonyl (C=O) groups is 1. The summed E-state index contributed by atoms with van der Waals surface area (Å²) in [6.07, 6.45) is 20.6. The molecule has 1 atom stereocenters. The number of aromatic nitrogens is 2. The van der Waals surface area contributed by atoms with E-state index < -0.39 is 0 Å². The van der Waals surface area contributed by atoms with Crippen molar-refractivity contribution < 1.29 is 9.53 Å². The summed E-state index contributed by atoms with van der Waals surface area (Å²) in [7, 11) is 0. The predicted molar refractivity (Wildman–Crippen MR) is 140 cm³/mol. The summed E-state index contributed by atoms with van der Waals surface area (Å²) >= 11 is 0. The summed E-state index contributed by atoms with van der Waals surface area (Å²) in [5.41, 5.74) is 6.74. The number of hydrogen-bond donors (Lipinski definition) is 2. The van der Waals surface area contributed by atoms with Crippen molar-refractivity contribution in [1.29, 1.82) is 0 Å². The molecule has 1 fully saturated rings. The van der Waals surface area contributed by atoms with E-state index in [4.69, 9.17) is 10.5 Å². The summed E-state index contributed by atoms with van der Waals surface area (Å²) < 4.78 is 6.06. The van der Waals surface area contributed by atoms with Crippen molar-refractivity contribution in [2.24, 2.45) is 5.73 Å². The third-order valence-corrected chi connectivity index (χ3v) is 6.73. The molecule has 0 spiro atoms. The van der Waals surface area contributed by atoms with Gasteiger partial charge in [0.05, 0.1) is 5.56 Å². The van der Waals surface area contributed by atoms with Crippen molar-refractivity contribution in [3.8, 4) is 5.75 Å². The Balaban J connectivity index is 1.09. The Morgan fingerprint density at radius 1 is 0.971 bits per heavy atom. The van der Waals surface area contributed by atoms with E-state index in [0.717, 1.165) is 44.5 Å². The predicted octanol–water partition coefficient (Wildman–Crippen LogP) is 4.59. The summed E-state index contributed by atoms with van der Waals surface area (Å²) in [5, 5.41) is 2.90. The lowest BCUT2D eigenvalue weighted by Crippen LogP contribution is -2.38. The molecule has 1 amide bonds. The average Bonchev–Trinajstić information content (AvgIpc) is 2.90. The highest BCUT2D eigenvalue weighted by atomic mass is 16.5. The van der Waals surface area contributed by atoms with Crippen molar-refractivity contribution in [3.63, 3.8) is 0 Å². The lowest BCUT2D eigenvalue weighted by molar-refractivity contribution is 0.0950. The standard InChI is InChI=1S/C28H43N5O2/c29-25(23-32-28(34)24-10-9-16-31-22-24)11-7-5-3-1-2-4-6-8-19-33-20-14-27(15-21-33)35-26-12-17-30-18-13-26/h9-10,12-13,16-18,22,25,27H,1-8,11,14-15,19-21,23,29H2,(H,32,34). The van der Waals surface area contributed by atoms with Gasteiger partial charge in [-0.25, -0.2) is 0 Å². The molecule has 1 aliphatic heterocycles. The number of unbranched alkanes of at least 4 members (excludes halogenated alkanes) is 7. The smallest absolute Gasteiger partial charge is 0.252 e. The zero-order chi connectivity index (χ0) is 24.6. The van der Waals surface area contributed by atoms with Gasteiger partial charge in [-0.1, -0.05) is 44.9 Å². The van der Waals surface area contributed by atoms with E-state index in [-0.39, 0.29) is 11.9 Å². The van der Waals surface area contributed by atoms with Crippen molar-refractivity contribution in [2.45, 2.75) is 82.8 Å². The van der Waals surface area contributed by atoms with Crippen LogP contribution in [0.25, 0.3) is 0 Å². The average molecular weight is 482 g/mol. The van der Waals surface area contributed by atoms with Crippen LogP contribution in [0.3, 0.4) is 0 Å². The van der Waals surface area contributed by atoms with Crippen molar-refractivity contribution >= 4 is 5.91 Å². The fraction of sp³-hybridized carbons (Fsp3) is 0.607. The van der Waals surface area contributed by atoms with E-state index in [0.29, 0.717) is 18.2 Å². The van der Waals surface area contributed by atoms with Crippen molar-refractivity contribution in [3.05, 3.63) is 54.6 Å². The number of ether oxygens (including phenoxy) is 1. The van der Waals surface area contributed by atoms with Gasteiger partial charge in [-0.15, -0.1) is 0 Å². The van der Waals surface area contributed by atoms with Gasteiger partial charge < -0.3 is 20.7 Å². The van der Waals surface area contributed by atoms with Gasteiger partial charge in [-0.2, -0.15) is 0 Å². The molecule has 7 nitrogen and oxygen atoms in total. The van der Waals surface area contributed by atoms with Crippen LogP contribution in [0.4, 0.5) is 0 Å². The molecule has 192 valence electrons. The zero-order valence-electron chi connectivity index (χ0n) is 21.1. The summed E-state index contributed by atoms with van der Waals surface area (Å²) in [5.74, 6) is 0.833. The zero-order valence-corrected chi connectivity index (χ0v) is 21.1. The van der Waals surface area contributed by atoms with Gasteiger partial charge in [0.2, 0.25) is 0 Å². The Kier molecular flexibility index (Phi) is 12.5. The topological polar surface area (TPSA) is 93.4 Å². The molecule has 3 N–H and O–H groups in total. The van der Waals surface area contributed by atoms with Gasteiger partial charge in [0.15, 0.2) is 0 Å². The molecular weight excluding hydrogens is 438 g/mol. The van der Waals surface area contributed by atoms with Crippen molar-refractivity contribution in [1.82, 2.24) is 20.2 Å². The number of nitrogens with two attached hydrogens (primary N) is 1. The molecule has 2 aromatic rings. The van der Waals surface area contributed by atoms with Gasteiger partial charge in [0, 0.05) is 50.5 Å². The number of piperidine rings is 1. The third kappa shape index (κ3) is 11.2. The fourth-order valence-electron chi connectivity index (χ4n) is 4.59. The lowest BCUT2D eigenvalue weighted by atomic mass is 10.0. The fourth-order valence-corrected chi connectivity index (χ4v) is 4.59. The van der Waals surface area contributed by atoms with Crippen LogP contribution in [0.5, 0.6) is 5.75 Å². The summed E-state index contributed by atoms with van der Waals surface area (Å²) in [6, 6.07) is 7.42. The molecule has 0 radical (unpaired) electrons. The Bertz CT molecular complexity index is 813. The molecule has 0 saturated carbocycles. The monoisotopic (exact) mass is 481 g/mol. The van der Waals surface area contributed by atoms with Gasteiger partial charge in [0.25, 0.3) is 5.91 Å². The normalized spacial score (nSPS) is 15.6. The molecule has 0 bridgehead atoms. The van der Waals surface area contributed by atoms with Crippen LogP contribution in [0.15, 0.2) is 49.1 Å². The maximum Gasteiger partial charge on any atom is 0.252 e. The van der Waals surface area contributed by atoms with Crippen LogP contribution >= 0.6 is 0 Å². The van der Waals surface area contributed by atoms with Crippen LogP contribution in [-0.2, 0) is 0 Å².